The van der Waals surface area contributed by atoms with Crippen LogP contribution >= 0.6 is 11.3 Å². The van der Waals surface area contributed by atoms with E-state index >= 15 is 0 Å². The quantitative estimate of drug-likeness (QED) is 0.577. The zero-order chi connectivity index (χ0) is 22.1. The molecular weight excluding hydrogens is 424 g/mol. The highest BCUT2D eigenvalue weighted by molar-refractivity contribution is 7.10. The van der Waals surface area contributed by atoms with E-state index in [0.29, 0.717) is 30.6 Å². The number of thiophene rings is 1. The van der Waals surface area contributed by atoms with Gasteiger partial charge in [-0.25, -0.2) is 0 Å². The van der Waals surface area contributed by atoms with Crippen molar-refractivity contribution in [3.8, 4) is 11.5 Å². The van der Waals surface area contributed by atoms with Crippen LogP contribution < -0.4 is 9.47 Å². The first kappa shape index (κ1) is 21.3. The lowest BCUT2D eigenvalue weighted by Gasteiger charge is -2.37. The number of amides is 2. The van der Waals surface area contributed by atoms with Crippen molar-refractivity contribution in [3.05, 3.63) is 46.2 Å². The number of carbonyl (C=O) groups is 2. The second-order valence-corrected chi connectivity index (χ2v) is 10.1. The van der Waals surface area contributed by atoms with Crippen molar-refractivity contribution in [1.29, 1.82) is 0 Å². The minimum Gasteiger partial charge on any atom is -0.493 e. The van der Waals surface area contributed by atoms with E-state index in [4.69, 9.17) is 9.47 Å². The normalized spacial score (nSPS) is 19.9. The van der Waals surface area contributed by atoms with Gasteiger partial charge in [0.15, 0.2) is 11.5 Å². The Labute approximate surface area is 193 Å². The van der Waals surface area contributed by atoms with Crippen LogP contribution in [0.4, 0.5) is 0 Å². The maximum atomic E-state index is 13.5. The molecule has 2 aromatic rings. The number of fused-ring (bicyclic) bond motifs is 1. The Kier molecular flexibility index (Phi) is 6.09. The Hall–Kier alpha value is -2.54. The molecule has 0 bridgehead atoms. The number of rotatable bonds is 9. The summed E-state index contributed by atoms with van der Waals surface area (Å²) in [5.41, 5.74) is 1.16. The Morgan fingerprint density at radius 3 is 2.62 bits per heavy atom. The molecule has 6 nitrogen and oxygen atoms in total. The largest absolute Gasteiger partial charge is 0.493 e. The summed E-state index contributed by atoms with van der Waals surface area (Å²) in [6, 6.07) is 9.51. The predicted octanol–water partition coefficient (Wildman–Crippen LogP) is 3.91. The topological polar surface area (TPSA) is 59.1 Å². The first-order valence-corrected chi connectivity index (χ1v) is 12.4. The van der Waals surface area contributed by atoms with E-state index in [-0.39, 0.29) is 30.3 Å². The highest BCUT2D eigenvalue weighted by Crippen LogP contribution is 2.37. The Bertz CT molecular complexity index is 982. The molecule has 5 rings (SSSR count). The number of nitrogens with zero attached hydrogens (tertiary/aromatic N) is 2. The van der Waals surface area contributed by atoms with Crippen LogP contribution in [0.5, 0.6) is 11.5 Å². The molecule has 2 heterocycles. The van der Waals surface area contributed by atoms with E-state index in [9.17, 15) is 9.59 Å². The second kappa shape index (κ2) is 9.14. The van der Waals surface area contributed by atoms with Crippen LogP contribution in [-0.4, -0.2) is 55.0 Å². The van der Waals surface area contributed by atoms with Crippen LogP contribution in [0.2, 0.25) is 0 Å². The lowest BCUT2D eigenvalue weighted by molar-refractivity contribution is -0.143. The van der Waals surface area contributed by atoms with Gasteiger partial charge < -0.3 is 19.3 Å². The number of carbonyl (C=O) groups excluding carboxylic acids is 2. The molecule has 0 radical (unpaired) electrons. The van der Waals surface area contributed by atoms with Crippen molar-refractivity contribution in [2.45, 2.75) is 38.1 Å². The van der Waals surface area contributed by atoms with Gasteiger partial charge in [-0.2, -0.15) is 0 Å². The highest BCUT2D eigenvalue weighted by Gasteiger charge is 2.39. The van der Waals surface area contributed by atoms with Crippen molar-refractivity contribution >= 4 is 23.2 Å². The molecule has 1 aliphatic heterocycles. The van der Waals surface area contributed by atoms with Gasteiger partial charge in [0.05, 0.1) is 19.7 Å². The van der Waals surface area contributed by atoms with Crippen molar-refractivity contribution < 1.29 is 19.1 Å². The van der Waals surface area contributed by atoms with Gasteiger partial charge >= 0.3 is 0 Å². The SMILES string of the molecule is COc1ccccc1OC[C@@H]1c2ccsc2CCN1C(=O)CN(CC1CC1)C(=O)C1CC1. The number of hydrogen-bond donors (Lipinski definition) is 0. The molecule has 3 aliphatic rings. The van der Waals surface area contributed by atoms with E-state index in [0.717, 1.165) is 31.4 Å². The molecule has 0 spiro atoms. The summed E-state index contributed by atoms with van der Waals surface area (Å²) in [5, 5.41) is 2.09. The molecule has 0 saturated heterocycles. The number of methoxy groups -OCH3 is 1. The van der Waals surface area contributed by atoms with Gasteiger partial charge in [-0.1, -0.05) is 12.1 Å². The smallest absolute Gasteiger partial charge is 0.242 e. The molecule has 1 atom stereocenters. The summed E-state index contributed by atoms with van der Waals surface area (Å²) < 4.78 is 11.6. The van der Waals surface area contributed by atoms with Gasteiger partial charge in [-0.15, -0.1) is 11.3 Å². The highest BCUT2D eigenvalue weighted by atomic mass is 32.1. The molecule has 2 aliphatic carbocycles. The van der Waals surface area contributed by atoms with Gasteiger partial charge in [0.2, 0.25) is 11.8 Å². The van der Waals surface area contributed by atoms with E-state index < -0.39 is 0 Å². The van der Waals surface area contributed by atoms with E-state index in [1.807, 2.05) is 34.1 Å². The lowest BCUT2D eigenvalue weighted by Crippen LogP contribution is -2.48. The molecule has 1 aromatic carbocycles. The summed E-state index contributed by atoms with van der Waals surface area (Å²) in [5.74, 6) is 2.24. The lowest BCUT2D eigenvalue weighted by atomic mass is 10.0. The monoisotopic (exact) mass is 454 g/mol. The van der Waals surface area contributed by atoms with Crippen LogP contribution in [0.15, 0.2) is 35.7 Å². The molecule has 32 heavy (non-hydrogen) atoms. The van der Waals surface area contributed by atoms with Gasteiger partial charge in [-0.3, -0.25) is 9.59 Å². The minimum absolute atomic E-state index is 0.0186. The molecule has 0 unspecified atom stereocenters. The van der Waals surface area contributed by atoms with E-state index in [1.165, 1.54) is 17.7 Å². The van der Waals surface area contributed by atoms with Gasteiger partial charge in [0.1, 0.15) is 6.61 Å². The molecule has 0 N–H and O–H groups in total. The van der Waals surface area contributed by atoms with Crippen molar-refractivity contribution in [2.75, 3.05) is 33.4 Å². The molecule has 2 fully saturated rings. The summed E-state index contributed by atoms with van der Waals surface area (Å²) in [6.07, 6.45) is 5.11. The zero-order valence-electron chi connectivity index (χ0n) is 18.5. The number of para-hydroxylation sites is 2. The van der Waals surface area contributed by atoms with E-state index in [1.54, 1.807) is 18.4 Å². The summed E-state index contributed by atoms with van der Waals surface area (Å²) in [6.45, 7) is 1.91. The Morgan fingerprint density at radius 1 is 1.12 bits per heavy atom. The van der Waals surface area contributed by atoms with Crippen LogP contribution in [0, 0.1) is 11.8 Å². The first-order chi connectivity index (χ1) is 15.6. The molecular formula is C25H30N2O4S. The van der Waals surface area contributed by atoms with Crippen LogP contribution in [0.25, 0.3) is 0 Å². The number of ether oxygens (including phenoxy) is 2. The third-order valence-corrected chi connectivity index (χ3v) is 7.62. The molecule has 7 heteroatoms. The predicted molar refractivity (Wildman–Crippen MR) is 123 cm³/mol. The summed E-state index contributed by atoms with van der Waals surface area (Å²) >= 11 is 1.74. The van der Waals surface area contributed by atoms with Gasteiger partial charge in [0, 0.05) is 23.9 Å². The number of benzene rings is 1. The van der Waals surface area contributed by atoms with Crippen LogP contribution in [-0.2, 0) is 16.0 Å². The van der Waals surface area contributed by atoms with Crippen molar-refractivity contribution in [1.82, 2.24) is 9.80 Å². The average Bonchev–Trinajstić information content (AvgIpc) is 3.75. The van der Waals surface area contributed by atoms with Crippen molar-refractivity contribution in [2.24, 2.45) is 11.8 Å². The minimum atomic E-state index is -0.166. The molecule has 2 amide bonds. The third-order valence-electron chi connectivity index (χ3n) is 6.62. The molecule has 170 valence electrons. The zero-order valence-corrected chi connectivity index (χ0v) is 19.3. The Morgan fingerprint density at radius 2 is 1.91 bits per heavy atom. The molecule has 2 saturated carbocycles. The maximum absolute atomic E-state index is 13.5. The Balaban J connectivity index is 1.32. The number of hydrogen-bond acceptors (Lipinski definition) is 5. The van der Waals surface area contributed by atoms with E-state index in [2.05, 4.69) is 11.4 Å². The summed E-state index contributed by atoms with van der Waals surface area (Å²) in [7, 11) is 1.63. The van der Waals surface area contributed by atoms with Gasteiger partial charge in [-0.05, 0) is 67.2 Å². The van der Waals surface area contributed by atoms with Crippen molar-refractivity contribution in [3.63, 3.8) is 0 Å². The molecule has 1 aromatic heterocycles. The standard InChI is InChI=1S/C25H30N2O4S/c1-30-21-4-2-3-5-22(21)31-16-20-19-11-13-32-23(19)10-12-27(20)24(28)15-26(14-17-6-7-17)25(29)18-8-9-18/h2-5,11,13,17-18,20H,6-10,12,14-16H2,1H3/t20-/m1/s1. The second-order valence-electron chi connectivity index (χ2n) is 9.05. The maximum Gasteiger partial charge on any atom is 0.242 e. The summed E-state index contributed by atoms with van der Waals surface area (Å²) in [4.78, 5) is 31.4. The fourth-order valence-corrected chi connectivity index (χ4v) is 5.40. The van der Waals surface area contributed by atoms with Gasteiger partial charge in [0.25, 0.3) is 0 Å². The fourth-order valence-electron chi connectivity index (χ4n) is 4.47. The van der Waals surface area contributed by atoms with Crippen LogP contribution in [0.1, 0.15) is 42.2 Å². The first-order valence-electron chi connectivity index (χ1n) is 11.5. The van der Waals surface area contributed by atoms with Crippen LogP contribution in [0.3, 0.4) is 0 Å². The fraction of sp³-hybridized carbons (Fsp3) is 0.520. The third kappa shape index (κ3) is 4.63. The average molecular weight is 455 g/mol.